The number of carbonyl (C=O) groups excluding carboxylic acids is 2. The van der Waals surface area contributed by atoms with E-state index in [2.05, 4.69) is 10.1 Å². The maximum Gasteiger partial charge on any atom is 0.325 e. The van der Waals surface area contributed by atoms with Crippen molar-refractivity contribution in [3.05, 3.63) is 0 Å². The molecule has 1 amide bonds. The normalized spacial score (nSPS) is 11.2. The summed E-state index contributed by atoms with van der Waals surface area (Å²) in [7, 11) is -3.42. The van der Waals surface area contributed by atoms with Gasteiger partial charge in [-0.25, -0.2) is 8.42 Å². The minimum Gasteiger partial charge on any atom is -0.465 e. The van der Waals surface area contributed by atoms with E-state index in [0.29, 0.717) is 0 Å². The second-order valence-electron chi connectivity index (χ2n) is 3.44. The minimum atomic E-state index is -3.42. The van der Waals surface area contributed by atoms with Crippen LogP contribution >= 0.6 is 0 Å². The van der Waals surface area contributed by atoms with Gasteiger partial charge in [0.1, 0.15) is 12.3 Å². The summed E-state index contributed by atoms with van der Waals surface area (Å²) >= 11 is 0. The van der Waals surface area contributed by atoms with E-state index in [1.54, 1.807) is 6.92 Å². The highest BCUT2D eigenvalue weighted by Gasteiger charge is 2.20. The zero-order chi connectivity index (χ0) is 12.8. The molecule has 0 saturated carbocycles. The number of hydrogen-bond acceptors (Lipinski definition) is 5. The quantitative estimate of drug-likeness (QED) is 0.642. The molecule has 0 aromatic rings. The fourth-order valence-corrected chi connectivity index (χ4v) is 1.58. The Morgan fingerprint density at radius 1 is 1.31 bits per heavy atom. The van der Waals surface area contributed by atoms with Gasteiger partial charge in [0, 0.05) is 0 Å². The molecule has 0 aliphatic rings. The first-order valence-corrected chi connectivity index (χ1v) is 6.65. The molecule has 0 radical (unpaired) electrons. The van der Waals surface area contributed by atoms with Gasteiger partial charge in [-0.15, -0.1) is 0 Å². The summed E-state index contributed by atoms with van der Waals surface area (Å²) in [5.41, 5.74) is 0. The molecule has 0 aliphatic carbocycles. The number of carbonyl (C=O) groups is 2. The van der Waals surface area contributed by atoms with Crippen LogP contribution in [0, 0.1) is 0 Å². The van der Waals surface area contributed by atoms with Gasteiger partial charge in [0.2, 0.25) is 5.91 Å². The molecule has 0 aliphatic heterocycles. The van der Waals surface area contributed by atoms with Crippen molar-refractivity contribution in [2.75, 3.05) is 18.9 Å². The maximum absolute atomic E-state index is 11.3. The van der Waals surface area contributed by atoms with E-state index in [0.717, 1.165) is 0 Å². The van der Waals surface area contributed by atoms with Crippen molar-refractivity contribution in [1.29, 1.82) is 0 Å². The van der Waals surface area contributed by atoms with Crippen LogP contribution < -0.4 is 5.32 Å². The Bertz CT molecular complexity index is 347. The Morgan fingerprint density at radius 3 is 2.31 bits per heavy atom. The first-order chi connectivity index (χ1) is 7.29. The summed E-state index contributed by atoms with van der Waals surface area (Å²) in [5.74, 6) is -1.89. The van der Waals surface area contributed by atoms with Gasteiger partial charge in [-0.2, -0.15) is 0 Å². The van der Waals surface area contributed by atoms with Crippen LogP contribution in [0.1, 0.15) is 20.8 Å². The summed E-state index contributed by atoms with van der Waals surface area (Å²) in [6.45, 7) is 4.55. The highest BCUT2D eigenvalue weighted by molar-refractivity contribution is 7.92. The number of sulfone groups is 1. The van der Waals surface area contributed by atoms with E-state index >= 15 is 0 Å². The number of amides is 1. The SMILES string of the molecule is CCOC(=O)CNC(=O)CS(=O)(=O)C(C)C. The van der Waals surface area contributed by atoms with E-state index in [4.69, 9.17) is 0 Å². The molecule has 0 spiro atoms. The highest BCUT2D eigenvalue weighted by atomic mass is 32.2. The highest BCUT2D eigenvalue weighted by Crippen LogP contribution is 1.99. The molecule has 0 heterocycles. The molecular formula is C9H17NO5S. The van der Waals surface area contributed by atoms with E-state index in [1.165, 1.54) is 13.8 Å². The van der Waals surface area contributed by atoms with E-state index in [-0.39, 0.29) is 13.2 Å². The van der Waals surface area contributed by atoms with E-state index in [9.17, 15) is 18.0 Å². The average molecular weight is 251 g/mol. The summed E-state index contributed by atoms with van der Waals surface area (Å²) in [6, 6.07) is 0. The van der Waals surface area contributed by atoms with Gasteiger partial charge in [0.05, 0.1) is 11.9 Å². The van der Waals surface area contributed by atoms with Crippen LogP contribution in [0.15, 0.2) is 0 Å². The number of hydrogen-bond donors (Lipinski definition) is 1. The van der Waals surface area contributed by atoms with Crippen molar-refractivity contribution >= 4 is 21.7 Å². The molecule has 0 fully saturated rings. The van der Waals surface area contributed by atoms with Crippen molar-refractivity contribution in [3.8, 4) is 0 Å². The van der Waals surface area contributed by atoms with Gasteiger partial charge in [-0.3, -0.25) is 9.59 Å². The molecule has 0 rings (SSSR count). The summed E-state index contributed by atoms with van der Waals surface area (Å²) in [4.78, 5) is 22.0. The summed E-state index contributed by atoms with van der Waals surface area (Å²) in [6.07, 6.45) is 0. The van der Waals surface area contributed by atoms with Gasteiger partial charge >= 0.3 is 5.97 Å². The molecule has 94 valence electrons. The minimum absolute atomic E-state index is 0.221. The van der Waals surface area contributed by atoms with Crippen LogP contribution in [0.2, 0.25) is 0 Å². The molecule has 16 heavy (non-hydrogen) atoms. The zero-order valence-corrected chi connectivity index (χ0v) is 10.5. The summed E-state index contributed by atoms with van der Waals surface area (Å²) < 4.78 is 27.2. The fourth-order valence-electron chi connectivity index (χ4n) is 0.783. The number of esters is 1. The molecule has 0 atom stereocenters. The number of ether oxygens (including phenoxy) is 1. The predicted octanol–water partition coefficient (Wildman–Crippen LogP) is -0.511. The zero-order valence-electron chi connectivity index (χ0n) is 9.65. The standard InChI is InChI=1S/C9H17NO5S/c1-4-15-9(12)5-10-8(11)6-16(13,14)7(2)3/h7H,4-6H2,1-3H3,(H,10,11). The Balaban J connectivity index is 4.06. The molecule has 6 nitrogen and oxygen atoms in total. The molecule has 1 N–H and O–H groups in total. The predicted molar refractivity (Wildman–Crippen MR) is 58.6 cm³/mol. The molecule has 0 aromatic heterocycles. The topological polar surface area (TPSA) is 89.5 Å². The first-order valence-electron chi connectivity index (χ1n) is 4.93. The second kappa shape index (κ2) is 6.47. The number of nitrogens with one attached hydrogen (secondary N) is 1. The first kappa shape index (κ1) is 14.9. The molecule has 0 unspecified atom stereocenters. The van der Waals surface area contributed by atoms with Crippen LogP contribution in [0.5, 0.6) is 0 Å². The van der Waals surface area contributed by atoms with Crippen LogP contribution in [0.3, 0.4) is 0 Å². The van der Waals surface area contributed by atoms with Crippen molar-refractivity contribution < 1.29 is 22.7 Å². The third-order valence-electron chi connectivity index (χ3n) is 1.79. The van der Waals surface area contributed by atoms with Crippen molar-refractivity contribution in [3.63, 3.8) is 0 Å². The Morgan fingerprint density at radius 2 is 1.88 bits per heavy atom. The molecule has 0 aromatic carbocycles. The maximum atomic E-state index is 11.3. The van der Waals surface area contributed by atoms with Gasteiger partial charge in [0.15, 0.2) is 9.84 Å². The van der Waals surface area contributed by atoms with Gasteiger partial charge < -0.3 is 10.1 Å². The Labute approximate surface area is 95.3 Å². The monoisotopic (exact) mass is 251 g/mol. The Kier molecular flexibility index (Phi) is 6.02. The largest absolute Gasteiger partial charge is 0.465 e. The molecule has 7 heteroatoms. The van der Waals surface area contributed by atoms with Crippen molar-refractivity contribution in [1.82, 2.24) is 5.32 Å². The van der Waals surface area contributed by atoms with Crippen molar-refractivity contribution in [2.45, 2.75) is 26.0 Å². The lowest BCUT2D eigenvalue weighted by Gasteiger charge is -2.08. The summed E-state index contributed by atoms with van der Waals surface area (Å²) in [5, 5.41) is 1.58. The number of rotatable bonds is 6. The third kappa shape index (κ3) is 5.69. The lowest BCUT2D eigenvalue weighted by Crippen LogP contribution is -2.36. The average Bonchev–Trinajstić information content (AvgIpc) is 2.14. The van der Waals surface area contributed by atoms with E-state index in [1.807, 2.05) is 0 Å². The molecule has 0 saturated heterocycles. The van der Waals surface area contributed by atoms with Crippen LogP contribution in [-0.2, 0) is 24.2 Å². The van der Waals surface area contributed by atoms with Gasteiger partial charge in [-0.1, -0.05) is 0 Å². The third-order valence-corrected chi connectivity index (χ3v) is 3.89. The smallest absolute Gasteiger partial charge is 0.325 e. The van der Waals surface area contributed by atoms with Gasteiger partial charge in [0.25, 0.3) is 0 Å². The van der Waals surface area contributed by atoms with E-state index < -0.39 is 32.7 Å². The Hall–Kier alpha value is -1.11. The lowest BCUT2D eigenvalue weighted by atomic mass is 10.6. The lowest BCUT2D eigenvalue weighted by molar-refractivity contribution is -0.143. The van der Waals surface area contributed by atoms with Crippen LogP contribution in [0.4, 0.5) is 0 Å². The van der Waals surface area contributed by atoms with Crippen LogP contribution in [-0.4, -0.2) is 44.4 Å². The second-order valence-corrected chi connectivity index (χ2v) is 5.99. The van der Waals surface area contributed by atoms with Crippen LogP contribution in [0.25, 0.3) is 0 Å². The fraction of sp³-hybridized carbons (Fsp3) is 0.778. The van der Waals surface area contributed by atoms with Gasteiger partial charge in [-0.05, 0) is 20.8 Å². The van der Waals surface area contributed by atoms with Crippen molar-refractivity contribution in [2.24, 2.45) is 0 Å². The molecular weight excluding hydrogens is 234 g/mol. The molecule has 0 bridgehead atoms.